The van der Waals surface area contributed by atoms with Gasteiger partial charge < -0.3 is 19.2 Å². The molecule has 1 atom stereocenters. The highest BCUT2D eigenvalue weighted by atomic mass is 16.6. The monoisotopic (exact) mass is 578 g/mol. The summed E-state index contributed by atoms with van der Waals surface area (Å²) in [4.78, 5) is 13.9. The molecule has 1 aliphatic rings. The third kappa shape index (κ3) is 7.99. The fraction of sp³-hybridized carbons (Fsp3) is 0.206. The first kappa shape index (κ1) is 29.3. The van der Waals surface area contributed by atoms with Gasteiger partial charge in [-0.1, -0.05) is 18.2 Å². The van der Waals surface area contributed by atoms with E-state index in [1.54, 1.807) is 23.9 Å². The molecule has 0 aliphatic carbocycles. The van der Waals surface area contributed by atoms with E-state index in [2.05, 4.69) is 4.98 Å². The number of nitrogens with zero attached hydrogens (tertiary/aromatic N) is 3. The first-order chi connectivity index (χ1) is 21.0. The molecule has 0 amide bonds. The van der Waals surface area contributed by atoms with Crippen LogP contribution in [0.1, 0.15) is 40.9 Å². The number of nitro groups is 1. The van der Waals surface area contributed by atoms with Crippen molar-refractivity contribution < 1.29 is 19.1 Å². The number of nitrogens with one attached hydrogen (secondary N) is 1. The first-order valence-corrected chi connectivity index (χ1v) is 14.1. The Kier molecular flexibility index (Phi) is 9.66. The van der Waals surface area contributed by atoms with E-state index >= 15 is 0 Å². The summed E-state index contributed by atoms with van der Waals surface area (Å²) in [6.45, 7) is 3.34. The molecule has 1 fully saturated rings. The van der Waals surface area contributed by atoms with Crippen molar-refractivity contribution in [2.24, 2.45) is 0 Å². The lowest BCUT2D eigenvalue weighted by Gasteiger charge is -2.13. The van der Waals surface area contributed by atoms with Crippen LogP contribution in [0.15, 0.2) is 85.2 Å². The van der Waals surface area contributed by atoms with Crippen molar-refractivity contribution in [3.05, 3.63) is 123 Å². The van der Waals surface area contributed by atoms with E-state index in [1.165, 1.54) is 12.1 Å². The average Bonchev–Trinajstić information content (AvgIpc) is 3.71. The molecule has 43 heavy (non-hydrogen) atoms. The van der Waals surface area contributed by atoms with Crippen molar-refractivity contribution in [3.63, 3.8) is 0 Å². The van der Waals surface area contributed by atoms with Gasteiger partial charge in [0.25, 0.3) is 5.69 Å². The van der Waals surface area contributed by atoms with Gasteiger partial charge in [-0.3, -0.25) is 10.1 Å². The quantitative estimate of drug-likeness (QED) is 0.155. The summed E-state index contributed by atoms with van der Waals surface area (Å²) in [6, 6.07) is 22.1. The second kappa shape index (κ2) is 14.2. The van der Waals surface area contributed by atoms with Crippen LogP contribution < -0.4 is 9.47 Å². The number of aromatic amines is 1. The number of methoxy groups -OCH3 is 1. The minimum Gasteiger partial charge on any atom is -0.496 e. The lowest BCUT2D eigenvalue weighted by molar-refractivity contribution is -0.384. The lowest BCUT2D eigenvalue weighted by atomic mass is 10.1. The highest BCUT2D eigenvalue weighted by Gasteiger charge is 2.16. The molecule has 9 heteroatoms. The fourth-order valence-corrected chi connectivity index (χ4v) is 4.61. The molecular weight excluding hydrogens is 544 g/mol. The Morgan fingerprint density at radius 3 is 2.63 bits per heavy atom. The summed E-state index contributed by atoms with van der Waals surface area (Å²) in [6.07, 6.45) is 13.8. The number of aromatic nitrogens is 3. The van der Waals surface area contributed by atoms with Crippen LogP contribution in [0.2, 0.25) is 0 Å². The van der Waals surface area contributed by atoms with E-state index in [-0.39, 0.29) is 11.8 Å². The molecule has 9 nitrogen and oxygen atoms in total. The van der Waals surface area contributed by atoms with Gasteiger partial charge in [0.2, 0.25) is 0 Å². The molecule has 220 valence electrons. The first-order valence-electron chi connectivity index (χ1n) is 14.1. The molecule has 5 rings (SSSR count). The number of ether oxygens (including phenoxy) is 3. The second-order valence-electron chi connectivity index (χ2n) is 10.1. The maximum absolute atomic E-state index is 11.2. The number of benzene rings is 2. The normalized spacial score (nSPS) is 14.7. The van der Waals surface area contributed by atoms with Crippen molar-refractivity contribution in [1.29, 1.82) is 0 Å². The number of hydrogen-bond acceptors (Lipinski definition) is 6. The highest BCUT2D eigenvalue weighted by Crippen LogP contribution is 2.28. The maximum Gasteiger partial charge on any atom is 0.269 e. The van der Waals surface area contributed by atoms with Crippen LogP contribution in [-0.2, 0) is 4.74 Å². The average molecular weight is 579 g/mol. The zero-order chi connectivity index (χ0) is 30.0. The Bertz CT molecular complexity index is 1660. The van der Waals surface area contributed by atoms with E-state index in [9.17, 15) is 10.1 Å². The van der Waals surface area contributed by atoms with Crippen LogP contribution in [0.25, 0.3) is 30.0 Å². The highest BCUT2D eigenvalue weighted by molar-refractivity contribution is 5.75. The van der Waals surface area contributed by atoms with Gasteiger partial charge in [-0.25, -0.2) is 4.68 Å². The van der Waals surface area contributed by atoms with Gasteiger partial charge in [0.05, 0.1) is 35.2 Å². The summed E-state index contributed by atoms with van der Waals surface area (Å²) < 4.78 is 19.0. The third-order valence-corrected chi connectivity index (χ3v) is 6.96. The Hall–Kier alpha value is -5.15. The molecule has 1 N–H and O–H groups in total. The molecule has 3 heterocycles. The van der Waals surface area contributed by atoms with Gasteiger partial charge >= 0.3 is 0 Å². The summed E-state index contributed by atoms with van der Waals surface area (Å²) in [5, 5.41) is 16.0. The van der Waals surface area contributed by atoms with E-state index in [4.69, 9.17) is 19.3 Å². The fourth-order valence-electron chi connectivity index (χ4n) is 4.61. The number of non-ortho nitro benzene ring substituents is 1. The number of aryl methyl sites for hydroxylation is 1. The summed E-state index contributed by atoms with van der Waals surface area (Å²) in [7, 11) is 1.63. The summed E-state index contributed by atoms with van der Waals surface area (Å²) in [5.74, 6) is 1.39. The number of H-pyrrole nitrogens is 1. The molecule has 0 saturated carbocycles. The van der Waals surface area contributed by atoms with Crippen molar-refractivity contribution in [1.82, 2.24) is 14.8 Å². The van der Waals surface area contributed by atoms with Crippen LogP contribution in [0.5, 0.6) is 11.5 Å². The van der Waals surface area contributed by atoms with Gasteiger partial charge in [-0.05, 0) is 91.6 Å². The molecule has 1 saturated heterocycles. The van der Waals surface area contributed by atoms with Crippen LogP contribution in [0.3, 0.4) is 0 Å². The largest absolute Gasteiger partial charge is 0.496 e. The molecule has 2 aromatic heterocycles. The SMILES string of the molecule is COc1cc(OCC2CCCO2)ccc1/C=C/c1cc(/C=C/c2cc[nH]ccc(C)cc2)nn1-c1ccc([N+](=O)[O-])cc1. The van der Waals surface area contributed by atoms with E-state index < -0.39 is 4.92 Å². The van der Waals surface area contributed by atoms with Crippen molar-refractivity contribution in [2.75, 3.05) is 20.3 Å². The number of nitro benzene ring substituents is 1. The maximum atomic E-state index is 11.2. The van der Waals surface area contributed by atoms with Crippen molar-refractivity contribution in [2.45, 2.75) is 25.9 Å². The lowest BCUT2D eigenvalue weighted by Crippen LogP contribution is -2.16. The van der Waals surface area contributed by atoms with Crippen LogP contribution in [-0.4, -0.2) is 46.1 Å². The Morgan fingerprint density at radius 1 is 1.02 bits per heavy atom. The molecule has 1 unspecified atom stereocenters. The molecule has 0 bridgehead atoms. The standard InChI is InChI=1S/C34H34N4O5/c1-25-5-6-26(18-20-35-19-17-25)7-10-28-22-31(37(36-28)29-12-14-30(15-13-29)38(39)40)11-8-27-9-16-32(23-34(27)41-2)43-24-33-4-3-21-42-33/h5-20,22-23,33,35H,3-4,21,24H2,1-2H3/b10-7+,11-8+,19-17?,20-18?,25-5?,26-6?. The predicted octanol–water partition coefficient (Wildman–Crippen LogP) is 7.45. The number of hydrogen-bond donors (Lipinski definition) is 1. The molecule has 4 aromatic rings. The van der Waals surface area contributed by atoms with Gasteiger partial charge in [-0.15, -0.1) is 0 Å². The molecule has 0 spiro atoms. The smallest absolute Gasteiger partial charge is 0.269 e. The van der Waals surface area contributed by atoms with E-state index in [0.717, 1.165) is 53.3 Å². The van der Waals surface area contributed by atoms with E-state index in [0.29, 0.717) is 18.0 Å². The summed E-state index contributed by atoms with van der Waals surface area (Å²) >= 11 is 0. The second-order valence-corrected chi connectivity index (χ2v) is 10.1. The van der Waals surface area contributed by atoms with Gasteiger partial charge in [0.1, 0.15) is 18.1 Å². The minimum absolute atomic E-state index is 0.0185. The van der Waals surface area contributed by atoms with Crippen LogP contribution in [0.4, 0.5) is 5.69 Å². The Labute approximate surface area is 250 Å². The van der Waals surface area contributed by atoms with Crippen LogP contribution in [0, 0.1) is 17.0 Å². The molecule has 2 aromatic carbocycles. The van der Waals surface area contributed by atoms with Crippen LogP contribution >= 0.6 is 0 Å². The van der Waals surface area contributed by atoms with E-state index in [1.807, 2.05) is 92.2 Å². The summed E-state index contributed by atoms with van der Waals surface area (Å²) in [5.41, 5.74) is 5.21. The minimum atomic E-state index is -0.415. The Morgan fingerprint density at radius 2 is 1.86 bits per heavy atom. The van der Waals surface area contributed by atoms with Crippen molar-refractivity contribution >= 4 is 30.0 Å². The zero-order valence-electron chi connectivity index (χ0n) is 24.2. The zero-order valence-corrected chi connectivity index (χ0v) is 24.2. The van der Waals surface area contributed by atoms with Gasteiger partial charge in [0.15, 0.2) is 0 Å². The Balaban J connectivity index is 1.44. The van der Waals surface area contributed by atoms with Gasteiger partial charge in [0, 0.05) is 42.8 Å². The predicted molar refractivity (Wildman–Crippen MR) is 169 cm³/mol. The van der Waals surface area contributed by atoms with Gasteiger partial charge in [-0.2, -0.15) is 5.10 Å². The van der Waals surface area contributed by atoms with Crippen molar-refractivity contribution in [3.8, 4) is 17.2 Å². The number of rotatable bonds is 10. The molecular formula is C34H34N4O5. The molecule has 1 aliphatic heterocycles. The third-order valence-electron chi connectivity index (χ3n) is 6.96. The molecule has 0 radical (unpaired) electrons. The topological polar surface area (TPSA) is 104 Å².